The van der Waals surface area contributed by atoms with E-state index in [1.165, 1.54) is 4.52 Å². The number of aromatic amines is 2. The van der Waals surface area contributed by atoms with E-state index in [2.05, 4.69) is 20.3 Å². The van der Waals surface area contributed by atoms with Crippen molar-refractivity contribution in [3.63, 3.8) is 0 Å². The highest BCUT2D eigenvalue weighted by molar-refractivity contribution is 5.26. The zero-order valence-corrected chi connectivity index (χ0v) is 5.00. The molecule has 52 valence electrons. The highest BCUT2D eigenvalue weighted by Gasteiger charge is 2.11. The van der Waals surface area contributed by atoms with Crippen molar-refractivity contribution in [2.24, 2.45) is 0 Å². The Hall–Kier alpha value is -1.79. The highest BCUT2D eigenvalue weighted by Crippen LogP contribution is 1.91. The van der Waals surface area contributed by atoms with E-state index in [1.54, 1.807) is 0 Å². The molecule has 0 amide bonds. The molecule has 2 aromatic heterocycles. The second kappa shape index (κ2) is 1.38. The Bertz CT molecular complexity index is 356. The fourth-order valence-corrected chi connectivity index (χ4v) is 0.748. The first-order valence-electron chi connectivity index (χ1n) is 2.64. The molecular weight excluding hydrogens is 134 g/mol. The van der Waals surface area contributed by atoms with Gasteiger partial charge in [0.15, 0.2) is 0 Å². The Morgan fingerprint density at radius 3 is 2.90 bits per heavy atom. The third-order valence-corrected chi connectivity index (χ3v) is 1.16. The van der Waals surface area contributed by atoms with E-state index >= 15 is 0 Å². The van der Waals surface area contributed by atoms with Crippen molar-refractivity contribution in [3.8, 4) is 0 Å². The van der Waals surface area contributed by atoms with Gasteiger partial charge in [-0.3, -0.25) is 0 Å². The molecule has 0 unspecified atom stereocenters. The molecule has 0 spiro atoms. The molecule has 7 heteroatoms. The first kappa shape index (κ1) is 5.03. The predicted molar refractivity (Wildman–Crippen MR) is 32.7 cm³/mol. The van der Waals surface area contributed by atoms with E-state index in [-0.39, 0.29) is 0 Å². The summed E-state index contributed by atoms with van der Waals surface area (Å²) in [5.41, 5.74) is 10.7. The van der Waals surface area contributed by atoms with Crippen molar-refractivity contribution < 1.29 is 4.52 Å². The van der Waals surface area contributed by atoms with E-state index in [9.17, 15) is 0 Å². The van der Waals surface area contributed by atoms with Crippen molar-refractivity contribution in [1.82, 2.24) is 20.3 Å². The Morgan fingerprint density at radius 1 is 1.40 bits per heavy atom. The maximum Gasteiger partial charge on any atom is 0.408 e. The number of fused-ring (bicyclic) bond motifs is 1. The lowest BCUT2D eigenvalue weighted by molar-refractivity contribution is -0.561. The van der Waals surface area contributed by atoms with Gasteiger partial charge < -0.3 is 11.5 Å². The molecule has 0 aliphatic carbocycles. The van der Waals surface area contributed by atoms with Crippen LogP contribution in [0, 0.1) is 0 Å². The molecule has 0 atom stereocenters. The molecule has 0 aromatic carbocycles. The summed E-state index contributed by atoms with van der Waals surface area (Å²) in [6.45, 7) is 0. The van der Waals surface area contributed by atoms with E-state index in [0.717, 1.165) is 0 Å². The summed E-state index contributed by atoms with van der Waals surface area (Å²) < 4.78 is 1.45. The molecule has 0 aliphatic heterocycles. The van der Waals surface area contributed by atoms with Crippen molar-refractivity contribution in [2.45, 2.75) is 0 Å². The number of nitrogens with one attached hydrogen (secondary N) is 2. The summed E-state index contributed by atoms with van der Waals surface area (Å²) in [7, 11) is 0. The first-order valence-corrected chi connectivity index (χ1v) is 2.64. The van der Waals surface area contributed by atoms with Crippen molar-refractivity contribution in [2.75, 3.05) is 11.5 Å². The Morgan fingerprint density at radius 2 is 2.20 bits per heavy atom. The Balaban J connectivity index is 2.90. The molecule has 7 nitrogen and oxygen atoms in total. The van der Waals surface area contributed by atoms with Gasteiger partial charge >= 0.3 is 11.7 Å². The number of aromatic nitrogens is 5. The van der Waals surface area contributed by atoms with Gasteiger partial charge in [0.25, 0.3) is 5.95 Å². The number of H-pyrrole nitrogens is 2. The van der Waals surface area contributed by atoms with Gasteiger partial charge in [0.05, 0.1) is 0 Å². The second-order valence-electron chi connectivity index (χ2n) is 1.85. The highest BCUT2D eigenvalue weighted by atomic mass is 15.5. The summed E-state index contributed by atoms with van der Waals surface area (Å²) in [6, 6.07) is 0. The van der Waals surface area contributed by atoms with Crippen LogP contribution in [0.15, 0.2) is 0 Å². The maximum absolute atomic E-state index is 5.41. The lowest BCUT2D eigenvalue weighted by Crippen LogP contribution is -2.25. The standard InChI is InChI=1S/C3H5N7/c4-1-6-3-8-7-2(5)10(3)9-1/h(H5,4,5,6,7,8,9)/p+1. The van der Waals surface area contributed by atoms with Gasteiger partial charge in [-0.2, -0.15) is 0 Å². The Labute approximate surface area is 55.0 Å². The minimum Gasteiger partial charge on any atom is -0.359 e. The topological polar surface area (TPSA) is 114 Å². The number of hydrogen-bond donors (Lipinski definition) is 4. The fraction of sp³-hybridized carbons (Fsp3) is 0. The van der Waals surface area contributed by atoms with Crippen LogP contribution in [-0.2, 0) is 0 Å². The molecular formula is C3H6N7+. The molecule has 2 rings (SSSR count). The molecule has 0 saturated carbocycles. The van der Waals surface area contributed by atoms with Crippen LogP contribution >= 0.6 is 0 Å². The number of rotatable bonds is 0. The number of hydrogen-bond acceptors (Lipinski definition) is 4. The molecule has 6 N–H and O–H groups in total. The minimum atomic E-state index is 0.295. The lowest BCUT2D eigenvalue weighted by atomic mass is 11.0. The normalized spacial score (nSPS) is 10.8. The average Bonchev–Trinajstić information content (AvgIpc) is 2.35. The summed E-state index contributed by atoms with van der Waals surface area (Å²) in [5, 5.41) is 8.93. The van der Waals surface area contributed by atoms with Crippen LogP contribution in [-0.4, -0.2) is 20.3 Å². The van der Waals surface area contributed by atoms with Crippen molar-refractivity contribution in [3.05, 3.63) is 0 Å². The van der Waals surface area contributed by atoms with Crippen LogP contribution in [0.4, 0.5) is 11.9 Å². The molecule has 0 fully saturated rings. The summed E-state index contributed by atoms with van der Waals surface area (Å²) in [4.78, 5) is 3.80. The van der Waals surface area contributed by atoms with Crippen LogP contribution in [0.1, 0.15) is 0 Å². The molecule has 0 radical (unpaired) electrons. The van der Waals surface area contributed by atoms with Crippen molar-refractivity contribution in [1.29, 1.82) is 0 Å². The van der Waals surface area contributed by atoms with Gasteiger partial charge in [0.1, 0.15) is 0 Å². The van der Waals surface area contributed by atoms with E-state index in [0.29, 0.717) is 17.7 Å². The number of nitrogens with two attached hydrogens (primary N) is 2. The number of nitrogen functional groups attached to an aromatic ring is 2. The van der Waals surface area contributed by atoms with Crippen molar-refractivity contribution >= 4 is 17.7 Å². The third kappa shape index (κ3) is 0.457. The van der Waals surface area contributed by atoms with Gasteiger partial charge in [-0.05, 0) is 0 Å². The summed E-state index contributed by atoms with van der Waals surface area (Å²) >= 11 is 0. The van der Waals surface area contributed by atoms with E-state index < -0.39 is 0 Å². The van der Waals surface area contributed by atoms with Crippen LogP contribution in [0.3, 0.4) is 0 Å². The quantitative estimate of drug-likeness (QED) is 0.318. The maximum atomic E-state index is 5.41. The zero-order valence-electron chi connectivity index (χ0n) is 5.00. The molecule has 0 bridgehead atoms. The molecule has 2 heterocycles. The molecule has 2 aromatic rings. The van der Waals surface area contributed by atoms with Gasteiger partial charge in [-0.1, -0.05) is 4.98 Å². The zero-order chi connectivity index (χ0) is 7.14. The average molecular weight is 140 g/mol. The first-order chi connectivity index (χ1) is 4.77. The van der Waals surface area contributed by atoms with Crippen LogP contribution in [0.25, 0.3) is 5.78 Å². The number of nitrogens with zero attached hydrogens (tertiary/aromatic N) is 3. The second-order valence-corrected chi connectivity index (χ2v) is 1.85. The summed E-state index contributed by atoms with van der Waals surface area (Å²) in [5.74, 6) is 1.11. The summed E-state index contributed by atoms with van der Waals surface area (Å²) in [6.07, 6.45) is 0. The smallest absolute Gasteiger partial charge is 0.359 e. The minimum absolute atomic E-state index is 0.295. The lowest BCUT2D eigenvalue weighted by Gasteiger charge is -1.76. The largest absolute Gasteiger partial charge is 0.408 e. The molecule has 0 aliphatic rings. The van der Waals surface area contributed by atoms with E-state index in [4.69, 9.17) is 11.5 Å². The van der Waals surface area contributed by atoms with Gasteiger partial charge in [0.2, 0.25) is 0 Å². The fourth-order valence-electron chi connectivity index (χ4n) is 0.748. The third-order valence-electron chi connectivity index (χ3n) is 1.16. The predicted octanol–water partition coefficient (Wildman–Crippen LogP) is -1.96. The van der Waals surface area contributed by atoms with Gasteiger partial charge in [-0.25, -0.2) is 5.10 Å². The van der Waals surface area contributed by atoms with E-state index in [1.807, 2.05) is 0 Å². The van der Waals surface area contributed by atoms with Gasteiger partial charge in [0, 0.05) is 5.10 Å². The molecule has 10 heavy (non-hydrogen) atoms. The SMILES string of the molecule is Nc1nc2n[nH]c(N)[n+]2[nH]1. The Kier molecular flexibility index (Phi) is 0.693. The number of anilines is 2. The van der Waals surface area contributed by atoms with Crippen LogP contribution in [0.2, 0.25) is 0 Å². The monoisotopic (exact) mass is 140 g/mol. The van der Waals surface area contributed by atoms with Crippen LogP contribution in [0.5, 0.6) is 0 Å². The molecule has 0 saturated heterocycles. The van der Waals surface area contributed by atoms with Crippen LogP contribution < -0.4 is 16.0 Å². The van der Waals surface area contributed by atoms with Gasteiger partial charge in [-0.15, -0.1) is 9.61 Å².